The molecule has 0 aliphatic carbocycles. The Morgan fingerprint density at radius 1 is 1.12 bits per heavy atom. The number of nitrogens with zero attached hydrogens (tertiary/aromatic N) is 4. The molecule has 13 nitrogen and oxygen atoms in total. The summed E-state index contributed by atoms with van der Waals surface area (Å²) in [6.07, 6.45) is -2.69. The largest absolute Gasteiger partial charge is 0.455 e. The molecular formula is C26H30N5O8P. The van der Waals surface area contributed by atoms with E-state index in [-0.39, 0.29) is 5.82 Å². The number of hydrogen-bond donors (Lipinski definition) is 1. The van der Waals surface area contributed by atoms with Gasteiger partial charge in [-0.15, -0.1) is 0 Å². The van der Waals surface area contributed by atoms with Gasteiger partial charge in [-0.05, 0) is 24.3 Å². The summed E-state index contributed by atoms with van der Waals surface area (Å²) in [4.78, 5) is 29.6. The lowest BCUT2D eigenvalue weighted by atomic mass is 9.95. The zero-order chi connectivity index (χ0) is 29.0. The average molecular weight is 572 g/mol. The molecule has 1 unspecified atom stereocenters. The number of esters is 2. The summed E-state index contributed by atoms with van der Waals surface area (Å²) >= 11 is 0. The van der Waals surface area contributed by atoms with E-state index in [4.69, 9.17) is 29.0 Å². The number of carbonyl (C=O) groups is 2. The van der Waals surface area contributed by atoms with E-state index >= 15 is 0 Å². The highest BCUT2D eigenvalue weighted by atomic mass is 31.1. The fourth-order valence-electron chi connectivity index (χ4n) is 4.04. The molecule has 3 aromatic rings. The van der Waals surface area contributed by atoms with E-state index in [9.17, 15) is 19.4 Å². The number of nitriles is 1. The quantitative estimate of drug-likeness (QED) is 0.278. The van der Waals surface area contributed by atoms with E-state index in [1.807, 2.05) is 6.07 Å². The van der Waals surface area contributed by atoms with Crippen LogP contribution in [0.2, 0.25) is 0 Å². The minimum atomic E-state index is -3.18. The first-order valence-electron chi connectivity index (χ1n) is 12.5. The lowest BCUT2D eigenvalue weighted by Crippen LogP contribution is -2.49. The molecule has 1 fully saturated rings. The van der Waals surface area contributed by atoms with Crippen LogP contribution in [0.3, 0.4) is 0 Å². The number of nitrogen functional groups attached to an aromatic ring is 1. The zero-order valence-electron chi connectivity index (χ0n) is 22.3. The van der Waals surface area contributed by atoms with Crippen LogP contribution in [0, 0.1) is 23.2 Å². The third-order valence-electron chi connectivity index (χ3n) is 6.17. The van der Waals surface area contributed by atoms with Crippen molar-refractivity contribution >= 4 is 31.5 Å². The molecule has 0 bridgehead atoms. The number of hydrogen-bond acceptors (Lipinski definition) is 12. The Morgan fingerprint density at radius 3 is 2.45 bits per heavy atom. The standard InChI is InChI=1S/C26H30N5O8P/c1-15(2)24(32)36-21-20(18-10-11-19-23(28)29-14-30-31(18)19)38-26(12-27,22(21)37-25(33)16(3)4)13-35-40(34)39-17-8-6-5-7-9-17/h5-11,14-16,20-22,40H,13H2,1-4H3,(H2,28,29,30)/t20-,21-,22-,26+/m0/s1. The van der Waals surface area contributed by atoms with Gasteiger partial charge in [0.05, 0.1) is 17.5 Å². The van der Waals surface area contributed by atoms with E-state index in [1.54, 1.807) is 70.2 Å². The predicted octanol–water partition coefficient (Wildman–Crippen LogP) is 3.27. The van der Waals surface area contributed by atoms with Crippen molar-refractivity contribution in [3.8, 4) is 11.8 Å². The summed E-state index contributed by atoms with van der Waals surface area (Å²) in [6, 6.07) is 13.6. The first-order chi connectivity index (χ1) is 19.1. The molecule has 1 saturated heterocycles. The summed E-state index contributed by atoms with van der Waals surface area (Å²) < 4.78 is 42.7. The van der Waals surface area contributed by atoms with Gasteiger partial charge in [0.25, 0.3) is 0 Å². The molecule has 3 heterocycles. The molecule has 2 aromatic heterocycles. The van der Waals surface area contributed by atoms with Crippen LogP contribution in [0.4, 0.5) is 5.82 Å². The second-order valence-corrected chi connectivity index (χ2v) is 10.8. The number of carbonyl (C=O) groups excluding carboxylic acids is 2. The Labute approximate surface area is 231 Å². The van der Waals surface area contributed by atoms with Gasteiger partial charge in [-0.1, -0.05) is 45.9 Å². The predicted molar refractivity (Wildman–Crippen MR) is 141 cm³/mol. The van der Waals surface area contributed by atoms with Gasteiger partial charge in [-0.2, -0.15) is 10.4 Å². The molecule has 212 valence electrons. The van der Waals surface area contributed by atoms with Crippen molar-refractivity contribution in [2.75, 3.05) is 12.3 Å². The van der Waals surface area contributed by atoms with E-state index in [1.165, 1.54) is 10.8 Å². The molecule has 14 heteroatoms. The molecule has 2 N–H and O–H groups in total. The van der Waals surface area contributed by atoms with Crippen LogP contribution in [0.1, 0.15) is 39.5 Å². The maximum absolute atomic E-state index is 12.8. The summed E-state index contributed by atoms with van der Waals surface area (Å²) in [7, 11) is -3.18. The Bertz CT molecular complexity index is 1440. The number of aromatic nitrogens is 3. The van der Waals surface area contributed by atoms with Crippen LogP contribution in [0.5, 0.6) is 5.75 Å². The van der Waals surface area contributed by atoms with Gasteiger partial charge < -0.3 is 24.5 Å². The van der Waals surface area contributed by atoms with Crippen molar-refractivity contribution in [2.45, 2.75) is 51.6 Å². The summed E-state index contributed by atoms with van der Waals surface area (Å²) in [5.74, 6) is -1.93. The zero-order valence-corrected chi connectivity index (χ0v) is 23.3. The SMILES string of the molecule is CC(C)C(=O)O[C@H]1[C@H](c2ccc3c(N)ncnn23)O[C@](C#N)(CO[PH](=O)Oc2ccccc2)[C@H]1OC(=O)C(C)C. The Hall–Kier alpha value is -3.98. The number of ether oxygens (including phenoxy) is 3. The van der Waals surface area contributed by atoms with E-state index < -0.39 is 62.5 Å². The Morgan fingerprint density at radius 2 is 1.80 bits per heavy atom. The van der Waals surface area contributed by atoms with E-state index in [2.05, 4.69) is 10.1 Å². The topological polar surface area (TPSA) is 177 Å². The molecule has 4 rings (SSSR count). The molecule has 1 aromatic carbocycles. The van der Waals surface area contributed by atoms with Crippen LogP contribution >= 0.6 is 8.25 Å². The summed E-state index contributed by atoms with van der Waals surface area (Å²) in [6.45, 7) is 5.87. The number of nitrogens with two attached hydrogens (primary N) is 1. The normalized spacial score (nSPS) is 23.2. The van der Waals surface area contributed by atoms with Crippen molar-refractivity contribution in [1.29, 1.82) is 5.26 Å². The Balaban J connectivity index is 1.74. The first-order valence-corrected chi connectivity index (χ1v) is 13.8. The maximum Gasteiger partial charge on any atom is 0.367 e. The highest BCUT2D eigenvalue weighted by Crippen LogP contribution is 2.45. The summed E-state index contributed by atoms with van der Waals surface area (Å²) in [5.41, 5.74) is 4.74. The van der Waals surface area contributed by atoms with Crippen molar-refractivity contribution < 1.29 is 37.4 Å². The minimum absolute atomic E-state index is 0.185. The highest BCUT2D eigenvalue weighted by molar-refractivity contribution is 7.33. The highest BCUT2D eigenvalue weighted by Gasteiger charge is 2.62. The number of rotatable bonds is 10. The second kappa shape index (κ2) is 12.0. The first kappa shape index (κ1) is 29.0. The smallest absolute Gasteiger partial charge is 0.367 e. The lowest BCUT2D eigenvalue weighted by molar-refractivity contribution is -0.173. The van der Waals surface area contributed by atoms with Crippen molar-refractivity contribution in [3.05, 3.63) is 54.5 Å². The summed E-state index contributed by atoms with van der Waals surface area (Å²) in [5, 5.41) is 14.6. The van der Waals surface area contributed by atoms with Crippen LogP contribution in [0.25, 0.3) is 5.52 Å². The average Bonchev–Trinajstić information content (AvgIpc) is 3.48. The Kier molecular flexibility index (Phi) is 8.73. The van der Waals surface area contributed by atoms with Crippen molar-refractivity contribution in [2.24, 2.45) is 11.8 Å². The molecule has 1 aliphatic heterocycles. The molecular weight excluding hydrogens is 541 g/mol. The van der Waals surface area contributed by atoms with E-state index in [0.29, 0.717) is 17.0 Å². The third kappa shape index (κ3) is 5.94. The maximum atomic E-state index is 12.8. The fraction of sp³-hybridized carbons (Fsp3) is 0.423. The van der Waals surface area contributed by atoms with Crippen molar-refractivity contribution in [3.63, 3.8) is 0 Å². The van der Waals surface area contributed by atoms with Gasteiger partial charge in [0.15, 0.2) is 18.0 Å². The number of fused-ring (bicyclic) bond motifs is 1. The van der Waals surface area contributed by atoms with E-state index in [0.717, 1.165) is 0 Å². The monoisotopic (exact) mass is 571 g/mol. The molecule has 1 aliphatic rings. The van der Waals surface area contributed by atoms with Gasteiger partial charge in [0.1, 0.15) is 36.4 Å². The van der Waals surface area contributed by atoms with Crippen LogP contribution in [0.15, 0.2) is 48.8 Å². The molecule has 40 heavy (non-hydrogen) atoms. The van der Waals surface area contributed by atoms with Crippen LogP contribution in [-0.4, -0.2) is 51.0 Å². The van der Waals surface area contributed by atoms with Gasteiger partial charge in [0, 0.05) is 0 Å². The molecule has 0 saturated carbocycles. The van der Waals surface area contributed by atoms with Gasteiger partial charge in [0.2, 0.25) is 5.60 Å². The number of benzene rings is 1. The lowest BCUT2D eigenvalue weighted by Gasteiger charge is -2.29. The van der Waals surface area contributed by atoms with Crippen LogP contribution < -0.4 is 10.3 Å². The molecule has 0 radical (unpaired) electrons. The van der Waals surface area contributed by atoms with Crippen LogP contribution in [-0.2, 0) is 32.9 Å². The molecule has 0 spiro atoms. The number of anilines is 1. The van der Waals surface area contributed by atoms with Gasteiger partial charge in [-0.25, -0.2) is 14.1 Å². The van der Waals surface area contributed by atoms with Crippen molar-refractivity contribution in [1.82, 2.24) is 14.6 Å². The minimum Gasteiger partial charge on any atom is -0.455 e. The molecule has 5 atom stereocenters. The van der Waals surface area contributed by atoms with Gasteiger partial charge in [-0.3, -0.25) is 14.1 Å². The second-order valence-electron chi connectivity index (χ2n) is 9.76. The third-order valence-corrected chi connectivity index (χ3v) is 6.95. The fourth-order valence-corrected chi connectivity index (χ4v) is 4.76. The molecule has 0 amide bonds. The number of para-hydroxylation sites is 1. The van der Waals surface area contributed by atoms with Gasteiger partial charge >= 0.3 is 20.2 Å².